The highest BCUT2D eigenvalue weighted by Gasteiger charge is 2.18. The zero-order valence-corrected chi connectivity index (χ0v) is 15.1. The maximum absolute atomic E-state index is 4.38. The van der Waals surface area contributed by atoms with Gasteiger partial charge in [0, 0.05) is 0 Å². The van der Waals surface area contributed by atoms with E-state index in [1.165, 1.54) is 54.4 Å². The van der Waals surface area contributed by atoms with Crippen molar-refractivity contribution in [2.75, 3.05) is 0 Å². The van der Waals surface area contributed by atoms with E-state index in [0.29, 0.717) is 0 Å². The summed E-state index contributed by atoms with van der Waals surface area (Å²) in [6.07, 6.45) is 10.2. The molecule has 0 heteroatoms. The van der Waals surface area contributed by atoms with Gasteiger partial charge >= 0.3 is 0 Å². The van der Waals surface area contributed by atoms with Crippen LogP contribution in [0, 0.1) is 6.92 Å². The highest BCUT2D eigenvalue weighted by atomic mass is 14.2. The fourth-order valence-corrected chi connectivity index (χ4v) is 4.07. The zero-order chi connectivity index (χ0) is 16.8. The van der Waals surface area contributed by atoms with Crippen molar-refractivity contribution in [3.8, 4) is 0 Å². The quantitative estimate of drug-likeness (QED) is 0.515. The Kier molecular flexibility index (Phi) is 5.91. The number of hydrogen-bond acceptors (Lipinski definition) is 0. The average molecular weight is 319 g/mol. The van der Waals surface area contributed by atoms with Gasteiger partial charge in [-0.15, -0.1) is 0 Å². The molecule has 0 N–H and O–H groups in total. The lowest BCUT2D eigenvalue weighted by molar-refractivity contribution is 0.442. The Hall–Kier alpha value is -1.82. The monoisotopic (exact) mass is 318 g/mol. The molecule has 0 amide bonds. The van der Waals surface area contributed by atoms with Gasteiger partial charge in [-0.1, -0.05) is 79.9 Å². The number of benzene rings is 2. The Morgan fingerprint density at radius 1 is 0.917 bits per heavy atom. The van der Waals surface area contributed by atoms with Gasteiger partial charge in [-0.3, -0.25) is 0 Å². The third kappa shape index (κ3) is 4.38. The zero-order valence-electron chi connectivity index (χ0n) is 15.1. The van der Waals surface area contributed by atoms with E-state index in [1.807, 2.05) is 0 Å². The molecule has 2 aromatic rings. The van der Waals surface area contributed by atoms with E-state index in [2.05, 4.69) is 62.0 Å². The summed E-state index contributed by atoms with van der Waals surface area (Å²) in [6, 6.07) is 17.8. The van der Waals surface area contributed by atoms with Gasteiger partial charge in [-0.2, -0.15) is 0 Å². The summed E-state index contributed by atoms with van der Waals surface area (Å²) < 4.78 is 0. The van der Waals surface area contributed by atoms with E-state index >= 15 is 0 Å². The van der Waals surface area contributed by atoms with Crippen LogP contribution in [0.1, 0.15) is 66.7 Å². The average Bonchev–Trinajstić information content (AvgIpc) is 2.62. The largest absolute Gasteiger partial charge is 0.0995 e. The third-order valence-corrected chi connectivity index (χ3v) is 5.55. The number of hydrogen-bond donors (Lipinski definition) is 0. The minimum absolute atomic E-state index is 0.777. The van der Waals surface area contributed by atoms with Gasteiger partial charge in [0.2, 0.25) is 0 Å². The standard InChI is InChI=1S/C24H30/c1-19(16-17-21-11-7-6-10-20(21)2)18-23-14-8-9-15-24(23)22-12-4-3-5-13-22/h6-11,14-15,22H,1,3-5,12-13,16-18H2,2H3. The van der Waals surface area contributed by atoms with Crippen LogP contribution in [0.4, 0.5) is 0 Å². The van der Waals surface area contributed by atoms with Crippen LogP contribution in [0.5, 0.6) is 0 Å². The molecule has 126 valence electrons. The van der Waals surface area contributed by atoms with Crippen molar-refractivity contribution in [1.82, 2.24) is 0 Å². The highest BCUT2D eigenvalue weighted by Crippen LogP contribution is 2.35. The van der Waals surface area contributed by atoms with Crippen molar-refractivity contribution in [3.63, 3.8) is 0 Å². The summed E-state index contributed by atoms with van der Waals surface area (Å²) >= 11 is 0. The second-order valence-corrected chi connectivity index (χ2v) is 7.39. The molecule has 1 fully saturated rings. The predicted molar refractivity (Wildman–Crippen MR) is 105 cm³/mol. The minimum atomic E-state index is 0.777. The fraction of sp³-hybridized carbons (Fsp3) is 0.417. The van der Waals surface area contributed by atoms with Crippen LogP contribution in [0.15, 0.2) is 60.7 Å². The molecule has 0 bridgehead atoms. The van der Waals surface area contributed by atoms with Crippen LogP contribution in [-0.2, 0) is 12.8 Å². The van der Waals surface area contributed by atoms with Gasteiger partial charge in [0.25, 0.3) is 0 Å². The van der Waals surface area contributed by atoms with Gasteiger partial charge in [-0.05, 0) is 67.2 Å². The van der Waals surface area contributed by atoms with Crippen LogP contribution in [-0.4, -0.2) is 0 Å². The second kappa shape index (κ2) is 8.33. The van der Waals surface area contributed by atoms with Gasteiger partial charge in [0.15, 0.2) is 0 Å². The van der Waals surface area contributed by atoms with Crippen molar-refractivity contribution in [2.45, 2.75) is 64.2 Å². The second-order valence-electron chi connectivity index (χ2n) is 7.39. The van der Waals surface area contributed by atoms with E-state index in [-0.39, 0.29) is 0 Å². The Morgan fingerprint density at radius 3 is 2.33 bits per heavy atom. The van der Waals surface area contributed by atoms with E-state index in [9.17, 15) is 0 Å². The summed E-state index contributed by atoms with van der Waals surface area (Å²) in [5.74, 6) is 0.777. The first-order valence-electron chi connectivity index (χ1n) is 9.53. The molecule has 2 aromatic carbocycles. The SMILES string of the molecule is C=C(CCc1ccccc1C)Cc1ccccc1C1CCCCC1. The first-order chi connectivity index (χ1) is 11.7. The maximum atomic E-state index is 4.38. The molecule has 1 aliphatic carbocycles. The van der Waals surface area contributed by atoms with Crippen LogP contribution >= 0.6 is 0 Å². The summed E-state index contributed by atoms with van der Waals surface area (Å²) in [5, 5.41) is 0. The number of allylic oxidation sites excluding steroid dienone is 1. The van der Waals surface area contributed by atoms with E-state index in [0.717, 1.165) is 25.2 Å². The Balaban J connectivity index is 1.63. The molecule has 0 saturated heterocycles. The lowest BCUT2D eigenvalue weighted by Crippen LogP contribution is -2.08. The van der Waals surface area contributed by atoms with Crippen molar-refractivity contribution in [3.05, 3.63) is 82.9 Å². The van der Waals surface area contributed by atoms with Gasteiger partial charge < -0.3 is 0 Å². The lowest BCUT2D eigenvalue weighted by Gasteiger charge is -2.24. The molecule has 1 aliphatic rings. The van der Waals surface area contributed by atoms with Crippen LogP contribution < -0.4 is 0 Å². The van der Waals surface area contributed by atoms with Crippen LogP contribution in [0.25, 0.3) is 0 Å². The van der Waals surface area contributed by atoms with Crippen LogP contribution in [0.3, 0.4) is 0 Å². The Labute approximate surface area is 147 Å². The summed E-state index contributed by atoms with van der Waals surface area (Å²) in [7, 11) is 0. The highest BCUT2D eigenvalue weighted by molar-refractivity contribution is 5.34. The van der Waals surface area contributed by atoms with Crippen molar-refractivity contribution in [2.24, 2.45) is 0 Å². The first kappa shape index (κ1) is 17.0. The molecule has 3 rings (SSSR count). The smallest absolute Gasteiger partial charge is 0.00669 e. The summed E-state index contributed by atoms with van der Waals surface area (Å²) in [4.78, 5) is 0. The normalized spacial score (nSPS) is 15.4. The topological polar surface area (TPSA) is 0 Å². The lowest BCUT2D eigenvalue weighted by atomic mass is 9.81. The molecular formula is C24H30. The molecule has 0 aromatic heterocycles. The molecule has 0 spiro atoms. The molecule has 24 heavy (non-hydrogen) atoms. The third-order valence-electron chi connectivity index (χ3n) is 5.55. The van der Waals surface area contributed by atoms with Gasteiger partial charge in [0.1, 0.15) is 0 Å². The molecule has 0 atom stereocenters. The van der Waals surface area contributed by atoms with Crippen molar-refractivity contribution >= 4 is 0 Å². The first-order valence-corrected chi connectivity index (χ1v) is 9.53. The molecule has 1 saturated carbocycles. The fourth-order valence-electron chi connectivity index (χ4n) is 4.07. The Bertz CT molecular complexity index is 674. The number of rotatable bonds is 6. The molecule has 0 nitrogen and oxygen atoms in total. The van der Waals surface area contributed by atoms with Gasteiger partial charge in [-0.25, -0.2) is 0 Å². The van der Waals surface area contributed by atoms with Crippen molar-refractivity contribution < 1.29 is 0 Å². The van der Waals surface area contributed by atoms with E-state index < -0.39 is 0 Å². The summed E-state index contributed by atoms with van der Waals surface area (Å²) in [5.41, 5.74) is 7.32. The molecule has 0 radical (unpaired) electrons. The minimum Gasteiger partial charge on any atom is -0.0995 e. The van der Waals surface area contributed by atoms with E-state index in [4.69, 9.17) is 0 Å². The molecule has 0 unspecified atom stereocenters. The van der Waals surface area contributed by atoms with E-state index in [1.54, 1.807) is 5.56 Å². The number of aryl methyl sites for hydroxylation is 2. The maximum Gasteiger partial charge on any atom is -0.00669 e. The molecular weight excluding hydrogens is 288 g/mol. The van der Waals surface area contributed by atoms with Crippen molar-refractivity contribution in [1.29, 1.82) is 0 Å². The molecule has 0 aliphatic heterocycles. The van der Waals surface area contributed by atoms with Crippen LogP contribution in [0.2, 0.25) is 0 Å². The molecule has 0 heterocycles. The Morgan fingerprint density at radius 2 is 1.58 bits per heavy atom. The van der Waals surface area contributed by atoms with Gasteiger partial charge in [0.05, 0.1) is 0 Å². The predicted octanol–water partition coefficient (Wildman–Crippen LogP) is 6.77. The summed E-state index contributed by atoms with van der Waals surface area (Å²) in [6.45, 7) is 6.59.